The first-order valence-corrected chi connectivity index (χ1v) is 4.87. The number of ether oxygens (including phenoxy) is 1. The summed E-state index contributed by atoms with van der Waals surface area (Å²) in [5.74, 6) is 0.619. The average molecular weight is 197 g/mol. The van der Waals surface area contributed by atoms with E-state index in [1.54, 1.807) is 14.0 Å². The van der Waals surface area contributed by atoms with Crippen LogP contribution in [0.4, 0.5) is 6.01 Å². The molecular weight excluding hydrogens is 182 g/mol. The molecule has 0 bridgehead atoms. The Morgan fingerprint density at radius 1 is 1.36 bits per heavy atom. The highest BCUT2D eigenvalue weighted by atomic mass is 16.5. The van der Waals surface area contributed by atoms with E-state index in [9.17, 15) is 0 Å². The van der Waals surface area contributed by atoms with Crippen LogP contribution in [0.3, 0.4) is 0 Å². The van der Waals surface area contributed by atoms with Crippen LogP contribution in [0, 0.1) is 6.92 Å². The maximum absolute atomic E-state index is 5.35. The Bertz CT molecular complexity index is 292. The molecule has 0 unspecified atom stereocenters. The summed E-state index contributed by atoms with van der Waals surface area (Å²) < 4.78 is 10.6. The third-order valence-corrected chi connectivity index (χ3v) is 2.56. The van der Waals surface area contributed by atoms with Crippen LogP contribution in [0.2, 0.25) is 0 Å². The van der Waals surface area contributed by atoms with Crippen LogP contribution >= 0.6 is 0 Å². The molecule has 5 heteroatoms. The zero-order chi connectivity index (χ0) is 9.97. The van der Waals surface area contributed by atoms with Gasteiger partial charge in [-0.25, -0.2) is 0 Å². The monoisotopic (exact) mass is 197 g/mol. The Kier molecular flexibility index (Phi) is 2.67. The van der Waals surface area contributed by atoms with E-state index in [0.717, 1.165) is 25.9 Å². The maximum Gasteiger partial charge on any atom is 0.318 e. The number of nitrogens with zero attached hydrogens (tertiary/aromatic N) is 3. The zero-order valence-electron chi connectivity index (χ0n) is 8.56. The summed E-state index contributed by atoms with van der Waals surface area (Å²) in [5, 5.41) is 7.80. The van der Waals surface area contributed by atoms with Gasteiger partial charge in [0, 0.05) is 27.1 Å². The van der Waals surface area contributed by atoms with Gasteiger partial charge in [0.25, 0.3) is 0 Å². The summed E-state index contributed by atoms with van der Waals surface area (Å²) in [7, 11) is 1.76. The summed E-state index contributed by atoms with van der Waals surface area (Å²) in [5.41, 5.74) is 0. The molecule has 2 heterocycles. The summed E-state index contributed by atoms with van der Waals surface area (Å²) in [6.07, 6.45) is 2.44. The predicted molar refractivity (Wildman–Crippen MR) is 51.3 cm³/mol. The Morgan fingerprint density at radius 2 is 2.07 bits per heavy atom. The van der Waals surface area contributed by atoms with Gasteiger partial charge in [0.2, 0.25) is 5.89 Å². The van der Waals surface area contributed by atoms with Crippen molar-refractivity contribution < 1.29 is 9.15 Å². The first-order valence-electron chi connectivity index (χ1n) is 4.87. The van der Waals surface area contributed by atoms with E-state index in [1.165, 1.54) is 0 Å². The van der Waals surface area contributed by atoms with E-state index in [2.05, 4.69) is 15.1 Å². The van der Waals surface area contributed by atoms with E-state index < -0.39 is 0 Å². The molecule has 1 aliphatic heterocycles. The molecule has 0 atom stereocenters. The van der Waals surface area contributed by atoms with Crippen LogP contribution in [-0.4, -0.2) is 36.5 Å². The third kappa shape index (κ3) is 1.87. The largest absolute Gasteiger partial charge is 0.408 e. The number of aromatic nitrogens is 2. The van der Waals surface area contributed by atoms with Gasteiger partial charge in [-0.1, -0.05) is 5.10 Å². The van der Waals surface area contributed by atoms with E-state index in [-0.39, 0.29) is 0 Å². The van der Waals surface area contributed by atoms with Crippen LogP contribution in [0.5, 0.6) is 0 Å². The molecule has 0 aliphatic carbocycles. The Labute approximate surface area is 83.1 Å². The van der Waals surface area contributed by atoms with Gasteiger partial charge in [-0.05, 0) is 12.8 Å². The second kappa shape index (κ2) is 3.96. The van der Waals surface area contributed by atoms with Gasteiger partial charge in [0.1, 0.15) is 0 Å². The van der Waals surface area contributed by atoms with Gasteiger partial charge < -0.3 is 14.1 Å². The van der Waals surface area contributed by atoms with E-state index >= 15 is 0 Å². The highest BCUT2D eigenvalue weighted by Gasteiger charge is 2.21. The second-order valence-corrected chi connectivity index (χ2v) is 3.53. The summed E-state index contributed by atoms with van der Waals surface area (Å²) in [6, 6.07) is 0.636. The average Bonchev–Trinajstić information content (AvgIpc) is 2.65. The van der Waals surface area contributed by atoms with Crippen molar-refractivity contribution in [3.63, 3.8) is 0 Å². The summed E-state index contributed by atoms with van der Waals surface area (Å²) >= 11 is 0. The smallest absolute Gasteiger partial charge is 0.318 e. The molecule has 0 radical (unpaired) electrons. The second-order valence-electron chi connectivity index (χ2n) is 3.53. The van der Waals surface area contributed by atoms with Crippen LogP contribution < -0.4 is 4.90 Å². The lowest BCUT2D eigenvalue weighted by Crippen LogP contribution is -2.36. The van der Waals surface area contributed by atoms with E-state index in [1.807, 2.05) is 0 Å². The fourth-order valence-corrected chi connectivity index (χ4v) is 1.70. The lowest BCUT2D eigenvalue weighted by molar-refractivity contribution is 0.0810. The number of aryl methyl sites for hydroxylation is 1. The van der Waals surface area contributed by atoms with Crippen LogP contribution in [0.1, 0.15) is 18.7 Å². The highest BCUT2D eigenvalue weighted by Crippen LogP contribution is 2.19. The molecule has 1 aromatic rings. The number of hydrogen-bond acceptors (Lipinski definition) is 5. The predicted octanol–water partition coefficient (Wildman–Crippen LogP) is 0.993. The summed E-state index contributed by atoms with van der Waals surface area (Å²) in [6.45, 7) is 3.67. The highest BCUT2D eigenvalue weighted by molar-refractivity contribution is 5.24. The molecule has 0 aromatic carbocycles. The molecule has 1 aliphatic rings. The molecule has 0 amide bonds. The van der Waals surface area contributed by atoms with Crippen molar-refractivity contribution >= 4 is 6.01 Å². The fraction of sp³-hybridized carbons (Fsp3) is 0.778. The molecule has 1 saturated heterocycles. The van der Waals surface area contributed by atoms with Crippen LogP contribution in [-0.2, 0) is 4.74 Å². The first kappa shape index (κ1) is 9.45. The molecule has 2 rings (SSSR count). The van der Waals surface area contributed by atoms with E-state index in [4.69, 9.17) is 9.15 Å². The first-order chi connectivity index (χ1) is 6.79. The van der Waals surface area contributed by atoms with Gasteiger partial charge in [0.05, 0.1) is 6.10 Å². The van der Waals surface area contributed by atoms with Gasteiger partial charge >= 0.3 is 6.01 Å². The molecule has 0 spiro atoms. The quantitative estimate of drug-likeness (QED) is 0.707. The van der Waals surface area contributed by atoms with Gasteiger partial charge in [0.15, 0.2) is 0 Å². The Balaban J connectivity index is 1.95. The summed E-state index contributed by atoms with van der Waals surface area (Å²) in [4.78, 5) is 2.11. The van der Waals surface area contributed by atoms with E-state index in [0.29, 0.717) is 18.0 Å². The lowest BCUT2D eigenvalue weighted by Gasteiger charge is -2.29. The van der Waals surface area contributed by atoms with Crippen molar-refractivity contribution in [1.82, 2.24) is 10.2 Å². The van der Waals surface area contributed by atoms with Crippen molar-refractivity contribution in [2.75, 3.05) is 25.1 Å². The molecule has 78 valence electrons. The SMILES string of the molecule is COC1CCN(c2nnc(C)o2)CC1. The van der Waals surface area contributed by atoms with Crippen molar-refractivity contribution in [3.8, 4) is 0 Å². The van der Waals surface area contributed by atoms with Gasteiger partial charge in [-0.3, -0.25) is 0 Å². The Hall–Kier alpha value is -1.10. The van der Waals surface area contributed by atoms with Crippen LogP contribution in [0.25, 0.3) is 0 Å². The Morgan fingerprint density at radius 3 is 2.57 bits per heavy atom. The number of piperidine rings is 1. The number of methoxy groups -OCH3 is 1. The van der Waals surface area contributed by atoms with Crippen molar-refractivity contribution in [1.29, 1.82) is 0 Å². The standard InChI is InChI=1S/C9H15N3O2/c1-7-10-11-9(14-7)12-5-3-8(13-2)4-6-12/h8H,3-6H2,1-2H3. The number of anilines is 1. The minimum absolute atomic E-state index is 0.385. The minimum atomic E-state index is 0.385. The fourth-order valence-electron chi connectivity index (χ4n) is 1.70. The number of rotatable bonds is 2. The van der Waals surface area contributed by atoms with Gasteiger partial charge in [-0.2, -0.15) is 0 Å². The molecule has 5 nitrogen and oxygen atoms in total. The van der Waals surface area contributed by atoms with Crippen molar-refractivity contribution in [2.45, 2.75) is 25.9 Å². The van der Waals surface area contributed by atoms with Crippen LogP contribution in [0.15, 0.2) is 4.42 Å². The molecule has 14 heavy (non-hydrogen) atoms. The maximum atomic E-state index is 5.35. The molecular formula is C9H15N3O2. The topological polar surface area (TPSA) is 51.4 Å². The van der Waals surface area contributed by atoms with Crippen molar-refractivity contribution in [3.05, 3.63) is 5.89 Å². The normalized spacial score (nSPS) is 18.9. The minimum Gasteiger partial charge on any atom is -0.408 e. The lowest BCUT2D eigenvalue weighted by atomic mass is 10.1. The van der Waals surface area contributed by atoms with Gasteiger partial charge in [-0.15, -0.1) is 5.10 Å². The molecule has 1 aromatic heterocycles. The van der Waals surface area contributed by atoms with Crippen molar-refractivity contribution in [2.24, 2.45) is 0 Å². The molecule has 1 fully saturated rings. The zero-order valence-corrected chi connectivity index (χ0v) is 8.56. The molecule has 0 N–H and O–H groups in total. The molecule has 0 saturated carbocycles. The third-order valence-electron chi connectivity index (χ3n) is 2.56. The number of hydrogen-bond donors (Lipinski definition) is 0.